The zero-order chi connectivity index (χ0) is 13.5. The molecular weight excluding hydrogens is 232 g/mol. The second kappa shape index (κ2) is 6.79. The van der Waals surface area contributed by atoms with Crippen LogP contribution >= 0.6 is 0 Å². The number of carbonyl (C=O) groups excluding carboxylic acids is 2. The summed E-state index contributed by atoms with van der Waals surface area (Å²) >= 11 is 0. The van der Waals surface area contributed by atoms with Crippen molar-refractivity contribution in [3.8, 4) is 5.75 Å². The second-order valence-corrected chi connectivity index (χ2v) is 4.08. The van der Waals surface area contributed by atoms with Gasteiger partial charge in [0.25, 0.3) is 0 Å². The molecule has 0 aliphatic rings. The van der Waals surface area contributed by atoms with Crippen molar-refractivity contribution >= 4 is 11.8 Å². The third kappa shape index (κ3) is 4.57. The molecule has 4 heteroatoms. The molecule has 0 aliphatic carbocycles. The molecule has 0 spiro atoms. The summed E-state index contributed by atoms with van der Waals surface area (Å²) in [7, 11) is 0. The molecule has 0 amide bonds. The molecule has 0 aromatic heterocycles. The quantitative estimate of drug-likeness (QED) is 0.573. The zero-order valence-corrected chi connectivity index (χ0v) is 11.0. The molecule has 0 N–H and O–H groups in total. The van der Waals surface area contributed by atoms with Crippen molar-refractivity contribution in [1.29, 1.82) is 0 Å². The molecule has 0 unspecified atom stereocenters. The SMILES string of the molecule is CCOC(=O)CC(=O)COc1ccc(C)cc1C. The van der Waals surface area contributed by atoms with Gasteiger partial charge in [-0.05, 0) is 32.4 Å². The maximum Gasteiger partial charge on any atom is 0.313 e. The Morgan fingerprint density at radius 2 is 1.94 bits per heavy atom. The molecule has 0 saturated heterocycles. The summed E-state index contributed by atoms with van der Waals surface area (Å²) in [5.74, 6) is -0.127. The molecule has 4 nitrogen and oxygen atoms in total. The second-order valence-electron chi connectivity index (χ2n) is 4.08. The molecule has 1 aromatic rings. The Kier molecular flexibility index (Phi) is 5.36. The van der Waals surface area contributed by atoms with Crippen LogP contribution in [0, 0.1) is 13.8 Å². The first-order valence-electron chi connectivity index (χ1n) is 5.90. The highest BCUT2D eigenvalue weighted by molar-refractivity contribution is 5.96. The smallest absolute Gasteiger partial charge is 0.313 e. The molecule has 0 bridgehead atoms. The van der Waals surface area contributed by atoms with Gasteiger partial charge in [0.1, 0.15) is 18.8 Å². The molecule has 0 saturated carbocycles. The first-order chi connectivity index (χ1) is 8.52. The fourth-order valence-corrected chi connectivity index (χ4v) is 1.54. The van der Waals surface area contributed by atoms with Crippen LogP contribution in [0.1, 0.15) is 24.5 Å². The molecule has 1 aromatic carbocycles. The van der Waals surface area contributed by atoms with Crippen LogP contribution < -0.4 is 4.74 Å². The van der Waals surface area contributed by atoms with Crippen molar-refractivity contribution in [2.45, 2.75) is 27.2 Å². The lowest BCUT2D eigenvalue weighted by molar-refractivity contribution is -0.145. The van der Waals surface area contributed by atoms with Gasteiger partial charge in [0.2, 0.25) is 0 Å². The van der Waals surface area contributed by atoms with Crippen molar-refractivity contribution < 1.29 is 19.1 Å². The Labute approximate surface area is 107 Å². The van der Waals surface area contributed by atoms with Crippen LogP contribution in [0.15, 0.2) is 18.2 Å². The zero-order valence-electron chi connectivity index (χ0n) is 11.0. The van der Waals surface area contributed by atoms with Crippen LogP contribution in [0.4, 0.5) is 0 Å². The van der Waals surface area contributed by atoms with Crippen molar-refractivity contribution in [3.05, 3.63) is 29.3 Å². The third-order valence-electron chi connectivity index (χ3n) is 2.37. The van der Waals surface area contributed by atoms with Gasteiger partial charge in [-0.2, -0.15) is 0 Å². The molecular formula is C14H18O4. The summed E-state index contributed by atoms with van der Waals surface area (Å²) in [4.78, 5) is 22.5. The highest BCUT2D eigenvalue weighted by Crippen LogP contribution is 2.18. The fraction of sp³-hybridized carbons (Fsp3) is 0.429. The van der Waals surface area contributed by atoms with Crippen LogP contribution in [-0.4, -0.2) is 25.0 Å². The monoisotopic (exact) mass is 250 g/mol. The summed E-state index contributed by atoms with van der Waals surface area (Å²) in [6.45, 7) is 5.78. The van der Waals surface area contributed by atoms with E-state index >= 15 is 0 Å². The number of carbonyl (C=O) groups is 2. The van der Waals surface area contributed by atoms with Crippen LogP contribution in [0.3, 0.4) is 0 Å². The Bertz CT molecular complexity index is 437. The molecule has 1 rings (SSSR count). The lowest BCUT2D eigenvalue weighted by atomic mass is 10.1. The Morgan fingerprint density at radius 3 is 2.56 bits per heavy atom. The Hall–Kier alpha value is -1.84. The van der Waals surface area contributed by atoms with Gasteiger partial charge in [-0.25, -0.2) is 0 Å². The van der Waals surface area contributed by atoms with E-state index in [0.29, 0.717) is 5.75 Å². The van der Waals surface area contributed by atoms with Gasteiger partial charge in [0, 0.05) is 0 Å². The van der Waals surface area contributed by atoms with Gasteiger partial charge in [-0.1, -0.05) is 17.7 Å². The van der Waals surface area contributed by atoms with E-state index < -0.39 is 5.97 Å². The molecule has 0 atom stereocenters. The number of aryl methyl sites for hydroxylation is 2. The van der Waals surface area contributed by atoms with E-state index in [1.807, 2.05) is 32.0 Å². The summed E-state index contributed by atoms with van der Waals surface area (Å²) < 4.78 is 10.1. The number of ether oxygens (including phenoxy) is 2. The van der Waals surface area contributed by atoms with Crippen LogP contribution in [0.5, 0.6) is 5.75 Å². The van der Waals surface area contributed by atoms with Crippen LogP contribution in [0.25, 0.3) is 0 Å². The first-order valence-corrected chi connectivity index (χ1v) is 5.90. The van der Waals surface area contributed by atoms with E-state index in [4.69, 9.17) is 4.74 Å². The van der Waals surface area contributed by atoms with E-state index in [1.165, 1.54) is 0 Å². The molecule has 0 radical (unpaired) electrons. The average Bonchev–Trinajstić information content (AvgIpc) is 2.28. The topological polar surface area (TPSA) is 52.6 Å². The van der Waals surface area contributed by atoms with Crippen molar-refractivity contribution in [2.24, 2.45) is 0 Å². The lowest BCUT2D eigenvalue weighted by Gasteiger charge is -2.08. The maximum atomic E-state index is 11.5. The highest BCUT2D eigenvalue weighted by atomic mass is 16.5. The van der Waals surface area contributed by atoms with Crippen molar-refractivity contribution in [1.82, 2.24) is 0 Å². The average molecular weight is 250 g/mol. The number of ketones is 1. The van der Waals surface area contributed by atoms with E-state index in [1.54, 1.807) is 6.92 Å². The number of Topliss-reactive ketones (excluding diaryl/α,β-unsaturated/α-hetero) is 1. The normalized spacial score (nSPS) is 9.94. The van der Waals surface area contributed by atoms with Gasteiger partial charge in [-0.3, -0.25) is 9.59 Å². The lowest BCUT2D eigenvalue weighted by Crippen LogP contribution is -2.17. The van der Waals surface area contributed by atoms with Crippen LogP contribution in [-0.2, 0) is 14.3 Å². The molecule has 0 aliphatic heterocycles. The van der Waals surface area contributed by atoms with E-state index in [2.05, 4.69) is 4.74 Å². The van der Waals surface area contributed by atoms with Gasteiger partial charge in [-0.15, -0.1) is 0 Å². The first kappa shape index (κ1) is 14.2. The van der Waals surface area contributed by atoms with Crippen molar-refractivity contribution in [2.75, 3.05) is 13.2 Å². The Morgan fingerprint density at radius 1 is 1.22 bits per heavy atom. The predicted molar refractivity (Wildman–Crippen MR) is 67.7 cm³/mol. The molecule has 98 valence electrons. The van der Waals surface area contributed by atoms with E-state index in [9.17, 15) is 9.59 Å². The van der Waals surface area contributed by atoms with Gasteiger partial charge in [0.15, 0.2) is 5.78 Å². The Balaban J connectivity index is 2.45. The van der Waals surface area contributed by atoms with Gasteiger partial charge >= 0.3 is 5.97 Å². The number of hydrogen-bond acceptors (Lipinski definition) is 4. The minimum Gasteiger partial charge on any atom is -0.486 e. The summed E-state index contributed by atoms with van der Waals surface area (Å²) in [5, 5.41) is 0. The molecule has 0 heterocycles. The predicted octanol–water partition coefficient (Wildman–Crippen LogP) is 2.20. The highest BCUT2D eigenvalue weighted by Gasteiger charge is 2.11. The van der Waals surface area contributed by atoms with Crippen molar-refractivity contribution in [3.63, 3.8) is 0 Å². The largest absolute Gasteiger partial charge is 0.486 e. The number of esters is 1. The van der Waals surface area contributed by atoms with Gasteiger partial charge < -0.3 is 9.47 Å². The minimum atomic E-state index is -0.508. The number of hydrogen-bond donors (Lipinski definition) is 0. The summed E-state index contributed by atoms with van der Waals surface area (Å²) in [5.41, 5.74) is 2.11. The minimum absolute atomic E-state index is 0.108. The molecule has 0 fully saturated rings. The van der Waals surface area contributed by atoms with E-state index in [0.717, 1.165) is 11.1 Å². The van der Waals surface area contributed by atoms with E-state index in [-0.39, 0.29) is 25.4 Å². The number of benzene rings is 1. The fourth-order valence-electron chi connectivity index (χ4n) is 1.54. The third-order valence-corrected chi connectivity index (χ3v) is 2.37. The summed E-state index contributed by atoms with van der Waals surface area (Å²) in [6, 6.07) is 5.71. The maximum absolute atomic E-state index is 11.5. The molecule has 18 heavy (non-hydrogen) atoms. The van der Waals surface area contributed by atoms with Gasteiger partial charge in [0.05, 0.1) is 6.61 Å². The number of rotatable bonds is 6. The van der Waals surface area contributed by atoms with Crippen LogP contribution in [0.2, 0.25) is 0 Å². The summed E-state index contributed by atoms with van der Waals surface area (Å²) in [6.07, 6.45) is -0.237. The standard InChI is InChI=1S/C14H18O4/c1-4-17-14(16)8-12(15)9-18-13-6-5-10(2)7-11(13)3/h5-7H,4,8-9H2,1-3H3.